The SMILES string of the molecule is CCCCN(C)C(=O)CCN(CCc1ccc(OC)cc1)C(C)=O. The van der Waals surface area contributed by atoms with Gasteiger partial charge in [-0.2, -0.15) is 0 Å². The molecule has 1 aromatic carbocycles. The highest BCUT2D eigenvalue weighted by Gasteiger charge is 2.13. The van der Waals surface area contributed by atoms with Crippen molar-refractivity contribution in [3.8, 4) is 5.75 Å². The van der Waals surface area contributed by atoms with E-state index in [2.05, 4.69) is 6.92 Å². The van der Waals surface area contributed by atoms with Gasteiger partial charge in [0.15, 0.2) is 0 Å². The molecule has 0 N–H and O–H groups in total. The number of carbonyl (C=O) groups excluding carboxylic acids is 2. The Labute approximate surface area is 145 Å². The smallest absolute Gasteiger partial charge is 0.224 e. The zero-order valence-electron chi connectivity index (χ0n) is 15.4. The van der Waals surface area contributed by atoms with Crippen LogP contribution in [0, 0.1) is 0 Å². The molecule has 0 bridgehead atoms. The maximum Gasteiger partial charge on any atom is 0.224 e. The number of methoxy groups -OCH3 is 1. The van der Waals surface area contributed by atoms with E-state index in [0.29, 0.717) is 19.5 Å². The fraction of sp³-hybridized carbons (Fsp3) is 0.579. The average Bonchev–Trinajstić information content (AvgIpc) is 2.59. The molecule has 134 valence electrons. The van der Waals surface area contributed by atoms with Gasteiger partial charge in [0.2, 0.25) is 11.8 Å². The number of carbonyl (C=O) groups is 2. The first kappa shape index (κ1) is 20.0. The van der Waals surface area contributed by atoms with E-state index < -0.39 is 0 Å². The van der Waals surface area contributed by atoms with E-state index in [4.69, 9.17) is 4.74 Å². The van der Waals surface area contributed by atoms with Crippen molar-refractivity contribution in [1.29, 1.82) is 0 Å². The first-order valence-corrected chi connectivity index (χ1v) is 8.60. The van der Waals surface area contributed by atoms with Crippen molar-refractivity contribution in [3.63, 3.8) is 0 Å². The Morgan fingerprint density at radius 3 is 2.29 bits per heavy atom. The van der Waals surface area contributed by atoms with Gasteiger partial charge in [-0.15, -0.1) is 0 Å². The molecule has 0 spiro atoms. The summed E-state index contributed by atoms with van der Waals surface area (Å²) >= 11 is 0. The molecule has 0 fully saturated rings. The van der Waals surface area contributed by atoms with Gasteiger partial charge in [0.05, 0.1) is 7.11 Å². The molecular weight excluding hydrogens is 304 g/mol. The largest absolute Gasteiger partial charge is 0.497 e. The quantitative estimate of drug-likeness (QED) is 0.661. The molecule has 1 aromatic rings. The summed E-state index contributed by atoms with van der Waals surface area (Å²) in [5.41, 5.74) is 1.15. The number of ether oxygens (including phenoxy) is 1. The maximum atomic E-state index is 12.1. The topological polar surface area (TPSA) is 49.9 Å². The number of nitrogens with zero attached hydrogens (tertiary/aromatic N) is 2. The van der Waals surface area contributed by atoms with Crippen LogP contribution >= 0.6 is 0 Å². The fourth-order valence-electron chi connectivity index (χ4n) is 2.42. The number of amides is 2. The van der Waals surface area contributed by atoms with Gasteiger partial charge in [-0.25, -0.2) is 0 Å². The first-order chi connectivity index (χ1) is 11.5. The van der Waals surface area contributed by atoms with E-state index in [1.807, 2.05) is 31.3 Å². The Kier molecular flexibility index (Phi) is 8.90. The number of hydrogen-bond acceptors (Lipinski definition) is 3. The highest BCUT2D eigenvalue weighted by molar-refractivity contribution is 5.78. The Morgan fingerprint density at radius 2 is 1.75 bits per heavy atom. The van der Waals surface area contributed by atoms with Crippen LogP contribution in [-0.2, 0) is 16.0 Å². The molecule has 0 unspecified atom stereocenters. The lowest BCUT2D eigenvalue weighted by molar-refractivity contribution is -0.132. The maximum absolute atomic E-state index is 12.1. The Balaban J connectivity index is 2.46. The van der Waals surface area contributed by atoms with Gasteiger partial charge in [0.1, 0.15) is 5.75 Å². The zero-order valence-corrected chi connectivity index (χ0v) is 15.4. The van der Waals surface area contributed by atoms with E-state index in [0.717, 1.165) is 37.1 Å². The van der Waals surface area contributed by atoms with Crippen LogP contribution in [0.3, 0.4) is 0 Å². The highest BCUT2D eigenvalue weighted by atomic mass is 16.5. The van der Waals surface area contributed by atoms with Gasteiger partial charge in [0.25, 0.3) is 0 Å². The predicted molar refractivity (Wildman–Crippen MR) is 96.1 cm³/mol. The van der Waals surface area contributed by atoms with E-state index in [1.54, 1.807) is 23.8 Å². The summed E-state index contributed by atoms with van der Waals surface area (Å²) in [7, 11) is 3.47. The average molecular weight is 334 g/mol. The number of unbranched alkanes of at least 4 members (excludes halogenated alkanes) is 1. The van der Waals surface area contributed by atoms with Crippen molar-refractivity contribution >= 4 is 11.8 Å². The summed E-state index contributed by atoms with van der Waals surface area (Å²) < 4.78 is 5.14. The molecule has 0 heterocycles. The van der Waals surface area contributed by atoms with Crippen molar-refractivity contribution < 1.29 is 14.3 Å². The Morgan fingerprint density at radius 1 is 1.08 bits per heavy atom. The van der Waals surface area contributed by atoms with Crippen LogP contribution in [-0.4, -0.2) is 55.4 Å². The minimum absolute atomic E-state index is 0.00697. The number of rotatable bonds is 10. The van der Waals surface area contributed by atoms with Crippen molar-refractivity contribution in [2.24, 2.45) is 0 Å². The van der Waals surface area contributed by atoms with Crippen LogP contribution in [0.1, 0.15) is 38.7 Å². The van der Waals surface area contributed by atoms with Gasteiger partial charge in [-0.3, -0.25) is 9.59 Å². The molecule has 5 nitrogen and oxygen atoms in total. The molecular formula is C19H30N2O3. The number of hydrogen-bond donors (Lipinski definition) is 0. The Hall–Kier alpha value is -2.04. The second-order valence-corrected chi connectivity index (χ2v) is 6.02. The van der Waals surface area contributed by atoms with Crippen LogP contribution in [0.2, 0.25) is 0 Å². The summed E-state index contributed by atoms with van der Waals surface area (Å²) in [4.78, 5) is 27.4. The highest BCUT2D eigenvalue weighted by Crippen LogP contribution is 2.12. The van der Waals surface area contributed by atoms with Gasteiger partial charge in [-0.1, -0.05) is 25.5 Å². The molecule has 24 heavy (non-hydrogen) atoms. The normalized spacial score (nSPS) is 10.3. The van der Waals surface area contributed by atoms with Gasteiger partial charge >= 0.3 is 0 Å². The molecule has 0 aliphatic heterocycles. The third kappa shape index (κ3) is 7.02. The molecule has 2 amide bonds. The minimum atomic E-state index is 0.00697. The molecule has 0 radical (unpaired) electrons. The molecule has 0 saturated heterocycles. The van der Waals surface area contributed by atoms with Crippen LogP contribution in [0.5, 0.6) is 5.75 Å². The summed E-state index contributed by atoms with van der Waals surface area (Å²) in [6, 6.07) is 7.83. The molecule has 0 aliphatic rings. The molecule has 0 saturated carbocycles. The molecule has 1 rings (SSSR count). The molecule has 0 atom stereocenters. The minimum Gasteiger partial charge on any atom is -0.497 e. The second kappa shape index (κ2) is 10.7. The predicted octanol–water partition coefficient (Wildman–Crippen LogP) is 2.73. The van der Waals surface area contributed by atoms with E-state index in [-0.39, 0.29) is 11.8 Å². The molecule has 0 aromatic heterocycles. The lowest BCUT2D eigenvalue weighted by Gasteiger charge is -2.23. The number of benzene rings is 1. The lowest BCUT2D eigenvalue weighted by atomic mass is 10.1. The van der Waals surface area contributed by atoms with Crippen molar-refractivity contribution in [2.45, 2.75) is 39.5 Å². The molecule has 0 aliphatic carbocycles. The van der Waals surface area contributed by atoms with Crippen LogP contribution < -0.4 is 4.74 Å². The van der Waals surface area contributed by atoms with E-state index >= 15 is 0 Å². The van der Waals surface area contributed by atoms with Crippen molar-refractivity contribution in [1.82, 2.24) is 9.80 Å². The summed E-state index contributed by atoms with van der Waals surface area (Å²) in [6.45, 7) is 5.53. The van der Waals surface area contributed by atoms with Gasteiger partial charge < -0.3 is 14.5 Å². The standard InChI is InChI=1S/C19H30N2O3/c1-5-6-13-20(3)19(23)12-15-21(16(2)22)14-11-17-7-9-18(24-4)10-8-17/h7-10H,5-6,11-15H2,1-4H3. The lowest BCUT2D eigenvalue weighted by Crippen LogP contribution is -2.36. The molecule has 5 heteroatoms. The summed E-state index contributed by atoms with van der Waals surface area (Å²) in [5.74, 6) is 0.926. The third-order valence-corrected chi connectivity index (χ3v) is 4.14. The first-order valence-electron chi connectivity index (χ1n) is 8.60. The van der Waals surface area contributed by atoms with Crippen molar-refractivity contribution in [3.05, 3.63) is 29.8 Å². The second-order valence-electron chi connectivity index (χ2n) is 6.02. The van der Waals surface area contributed by atoms with Gasteiger partial charge in [0, 0.05) is 40.0 Å². The monoisotopic (exact) mass is 334 g/mol. The van der Waals surface area contributed by atoms with Crippen LogP contribution in [0.4, 0.5) is 0 Å². The summed E-state index contributed by atoms with van der Waals surface area (Å²) in [5, 5.41) is 0. The zero-order chi connectivity index (χ0) is 17.9. The van der Waals surface area contributed by atoms with Gasteiger partial charge in [-0.05, 0) is 30.5 Å². The van der Waals surface area contributed by atoms with E-state index in [1.165, 1.54) is 0 Å². The third-order valence-electron chi connectivity index (χ3n) is 4.14. The van der Waals surface area contributed by atoms with E-state index in [9.17, 15) is 9.59 Å². The summed E-state index contributed by atoms with van der Waals surface area (Å²) in [6.07, 6.45) is 3.22. The van der Waals surface area contributed by atoms with Crippen LogP contribution in [0.15, 0.2) is 24.3 Å². The Bertz CT molecular complexity index is 514. The van der Waals surface area contributed by atoms with Crippen molar-refractivity contribution in [2.75, 3.05) is 33.8 Å². The van der Waals surface area contributed by atoms with Crippen LogP contribution in [0.25, 0.3) is 0 Å². The fourth-order valence-corrected chi connectivity index (χ4v) is 2.42.